The Labute approximate surface area is 126 Å². The number of urea groups is 1. The summed E-state index contributed by atoms with van der Waals surface area (Å²) in [5.41, 5.74) is 0. The van der Waals surface area contributed by atoms with Gasteiger partial charge in [0.2, 0.25) is 0 Å². The van der Waals surface area contributed by atoms with Crippen LogP contribution in [0.15, 0.2) is 12.3 Å². The van der Waals surface area contributed by atoms with Gasteiger partial charge in [0.1, 0.15) is 12.5 Å². The molecular weight excluding hydrogens is 276 g/mol. The van der Waals surface area contributed by atoms with E-state index >= 15 is 0 Å². The first-order valence-electron chi connectivity index (χ1n) is 6.97. The Morgan fingerprint density at radius 1 is 1.43 bits per heavy atom. The molecule has 0 aromatic heterocycles. The van der Waals surface area contributed by atoms with Crippen molar-refractivity contribution in [2.24, 2.45) is 5.92 Å². The van der Waals surface area contributed by atoms with Crippen molar-refractivity contribution >= 4 is 12.3 Å². The first kappa shape index (κ1) is 21.9. The number of carbonyl (C=O) groups is 2. The second-order valence-electron chi connectivity index (χ2n) is 3.98. The fourth-order valence-electron chi connectivity index (χ4n) is 1.90. The van der Waals surface area contributed by atoms with Crippen LogP contribution in [-0.2, 0) is 9.53 Å². The molecule has 1 aliphatic rings. The number of aliphatic hydroxyl groups excluding tert-OH is 2. The van der Waals surface area contributed by atoms with E-state index in [2.05, 4.69) is 5.32 Å². The molecule has 3 unspecified atom stereocenters. The number of carbonyl (C=O) groups excluding carboxylic acids is 2. The van der Waals surface area contributed by atoms with Crippen LogP contribution in [0.3, 0.4) is 0 Å². The van der Waals surface area contributed by atoms with Gasteiger partial charge >= 0.3 is 6.03 Å². The van der Waals surface area contributed by atoms with Gasteiger partial charge in [0, 0.05) is 26.3 Å². The number of nitrogens with one attached hydrogen (secondary N) is 1. The van der Waals surface area contributed by atoms with E-state index in [9.17, 15) is 9.59 Å². The molecule has 0 bridgehead atoms. The Morgan fingerprint density at radius 3 is 2.38 bits per heavy atom. The van der Waals surface area contributed by atoms with Crippen LogP contribution in [0.4, 0.5) is 4.79 Å². The fraction of sp³-hybridized carbons (Fsp3) is 0.714. The lowest BCUT2D eigenvalue weighted by atomic mass is 10.1. The van der Waals surface area contributed by atoms with Gasteiger partial charge in [-0.05, 0) is 12.5 Å². The predicted octanol–water partition coefficient (Wildman–Crippen LogP) is 0.718. The molecular formula is C14H28N2O5. The van der Waals surface area contributed by atoms with E-state index < -0.39 is 6.23 Å². The summed E-state index contributed by atoms with van der Waals surface area (Å²) in [5.74, 6) is 0.0979. The molecule has 1 fully saturated rings. The quantitative estimate of drug-likeness (QED) is 0.525. The van der Waals surface area contributed by atoms with Crippen LogP contribution >= 0.6 is 0 Å². The van der Waals surface area contributed by atoms with Crippen molar-refractivity contribution in [3.8, 4) is 0 Å². The van der Waals surface area contributed by atoms with E-state index in [0.717, 1.165) is 7.11 Å². The highest BCUT2D eigenvalue weighted by Crippen LogP contribution is 2.28. The van der Waals surface area contributed by atoms with Crippen LogP contribution in [0.5, 0.6) is 0 Å². The molecule has 0 aromatic rings. The van der Waals surface area contributed by atoms with Crippen LogP contribution < -0.4 is 5.32 Å². The van der Waals surface area contributed by atoms with Crippen LogP contribution in [0.1, 0.15) is 27.2 Å². The summed E-state index contributed by atoms with van der Waals surface area (Å²) >= 11 is 0. The van der Waals surface area contributed by atoms with Gasteiger partial charge in [-0.1, -0.05) is 20.8 Å². The minimum Gasteiger partial charge on any atom is -0.400 e. The third-order valence-corrected chi connectivity index (χ3v) is 2.70. The molecule has 7 nitrogen and oxygen atoms in total. The summed E-state index contributed by atoms with van der Waals surface area (Å²) in [7, 11) is 2.51. The first-order chi connectivity index (χ1) is 10.1. The topological polar surface area (TPSA) is 99.1 Å². The second-order valence-corrected chi connectivity index (χ2v) is 3.98. The zero-order valence-electron chi connectivity index (χ0n) is 13.4. The molecule has 2 amide bonds. The predicted molar refractivity (Wildman–Crippen MR) is 80.5 cm³/mol. The Kier molecular flexibility index (Phi) is 14.1. The van der Waals surface area contributed by atoms with Crippen LogP contribution in [0, 0.1) is 5.92 Å². The molecule has 1 rings (SSSR count). The summed E-state index contributed by atoms with van der Waals surface area (Å²) in [6.07, 6.45) is 3.18. The standard InChI is InChI=1S/C11H18N2O4.C2H6.CH4O/c1-8-6-9(7-15)17-10(8)13(4-3-5-14)11(16)12-2;2*1-2/h3-5,8-10,15H,6-7H2,1-2H3,(H,12,16);1-2H3;2H,1H3/b4-3-;;. The number of amides is 2. The number of hydrogen-bond acceptors (Lipinski definition) is 5. The van der Waals surface area contributed by atoms with Gasteiger partial charge in [-0.25, -0.2) is 4.79 Å². The minimum absolute atomic E-state index is 0.0696. The molecule has 0 radical (unpaired) electrons. The number of ether oxygens (including phenoxy) is 1. The smallest absolute Gasteiger partial charge is 0.323 e. The van der Waals surface area contributed by atoms with Crippen molar-refractivity contribution < 1.29 is 24.5 Å². The second kappa shape index (κ2) is 13.5. The van der Waals surface area contributed by atoms with Gasteiger partial charge in [-0.3, -0.25) is 9.69 Å². The highest BCUT2D eigenvalue weighted by atomic mass is 16.5. The van der Waals surface area contributed by atoms with E-state index in [4.69, 9.17) is 14.9 Å². The van der Waals surface area contributed by atoms with Gasteiger partial charge in [0.25, 0.3) is 0 Å². The number of aliphatic hydroxyl groups is 2. The molecule has 3 N–H and O–H groups in total. The summed E-state index contributed by atoms with van der Waals surface area (Å²) in [6, 6.07) is -0.349. The Morgan fingerprint density at radius 2 is 2.00 bits per heavy atom. The zero-order chi connectivity index (χ0) is 16.8. The summed E-state index contributed by atoms with van der Waals surface area (Å²) in [5, 5.41) is 18.5. The van der Waals surface area contributed by atoms with Crippen LogP contribution in [0.2, 0.25) is 0 Å². The highest BCUT2D eigenvalue weighted by Gasteiger charge is 2.37. The summed E-state index contributed by atoms with van der Waals surface area (Å²) in [6.45, 7) is 5.87. The third-order valence-electron chi connectivity index (χ3n) is 2.70. The van der Waals surface area contributed by atoms with Gasteiger partial charge in [-0.2, -0.15) is 0 Å². The lowest BCUT2D eigenvalue weighted by molar-refractivity contribution is -0.104. The molecule has 0 spiro atoms. The van der Waals surface area contributed by atoms with E-state index in [1.807, 2.05) is 20.8 Å². The lowest BCUT2D eigenvalue weighted by Crippen LogP contribution is -2.44. The van der Waals surface area contributed by atoms with Crippen molar-refractivity contribution in [3.63, 3.8) is 0 Å². The van der Waals surface area contributed by atoms with Crippen molar-refractivity contribution in [1.29, 1.82) is 0 Å². The molecule has 3 atom stereocenters. The van der Waals surface area contributed by atoms with E-state index in [1.54, 1.807) is 0 Å². The monoisotopic (exact) mass is 304 g/mol. The maximum atomic E-state index is 11.7. The average Bonchev–Trinajstić information content (AvgIpc) is 2.92. The van der Waals surface area contributed by atoms with Gasteiger partial charge < -0.3 is 20.3 Å². The van der Waals surface area contributed by atoms with E-state index in [-0.39, 0.29) is 24.7 Å². The summed E-state index contributed by atoms with van der Waals surface area (Å²) < 4.78 is 5.55. The largest absolute Gasteiger partial charge is 0.400 e. The van der Waals surface area contributed by atoms with Crippen molar-refractivity contribution in [2.75, 3.05) is 20.8 Å². The molecule has 0 aliphatic carbocycles. The fourth-order valence-corrected chi connectivity index (χ4v) is 1.90. The van der Waals surface area contributed by atoms with Crippen LogP contribution in [-0.4, -0.2) is 60.5 Å². The van der Waals surface area contributed by atoms with Gasteiger partial charge in [0.15, 0.2) is 0 Å². The number of nitrogens with zero attached hydrogens (tertiary/aromatic N) is 1. The molecule has 0 aromatic carbocycles. The number of allylic oxidation sites excluding steroid dienone is 1. The summed E-state index contributed by atoms with van der Waals surface area (Å²) in [4.78, 5) is 23.3. The van der Waals surface area contributed by atoms with Crippen molar-refractivity contribution in [2.45, 2.75) is 39.5 Å². The van der Waals surface area contributed by atoms with Crippen LogP contribution in [0.25, 0.3) is 0 Å². The molecule has 0 saturated carbocycles. The normalized spacial score (nSPS) is 23.5. The lowest BCUT2D eigenvalue weighted by Gasteiger charge is -2.27. The molecule has 1 aliphatic heterocycles. The number of rotatable bonds is 4. The Hall–Kier alpha value is -1.44. The third kappa shape index (κ3) is 7.22. The Balaban J connectivity index is 0. The van der Waals surface area contributed by atoms with E-state index in [1.165, 1.54) is 24.2 Å². The number of hydrogen-bond donors (Lipinski definition) is 3. The highest BCUT2D eigenvalue weighted by molar-refractivity contribution is 5.76. The zero-order valence-corrected chi connectivity index (χ0v) is 13.4. The molecule has 1 heterocycles. The van der Waals surface area contributed by atoms with Crippen molar-refractivity contribution in [3.05, 3.63) is 12.3 Å². The first-order valence-corrected chi connectivity index (χ1v) is 6.97. The molecule has 124 valence electrons. The average molecular weight is 304 g/mol. The Bertz CT molecular complexity index is 310. The molecule has 7 heteroatoms. The van der Waals surface area contributed by atoms with E-state index in [0.29, 0.717) is 12.7 Å². The molecule has 21 heavy (non-hydrogen) atoms. The maximum absolute atomic E-state index is 11.7. The van der Waals surface area contributed by atoms with Crippen molar-refractivity contribution in [1.82, 2.24) is 10.2 Å². The van der Waals surface area contributed by atoms with Gasteiger partial charge in [0.05, 0.1) is 12.7 Å². The SMILES string of the molecule is CC.CNC(=O)N(/C=C\C=O)C1OC(CO)CC1C.CO. The molecule has 1 saturated heterocycles. The minimum atomic E-state index is -0.455. The number of aldehydes is 1. The van der Waals surface area contributed by atoms with Gasteiger partial charge in [-0.15, -0.1) is 0 Å². The maximum Gasteiger partial charge on any atom is 0.323 e.